The topological polar surface area (TPSA) is 191 Å². The molecule has 204 valence electrons. The molecule has 1 aromatic carbocycles. The number of nitrogens with one attached hydrogen (secondary N) is 3. The Balaban J connectivity index is 2.04. The number of carbonyl (C=O) groups excluding carboxylic acids is 4. The van der Waals surface area contributed by atoms with Crippen molar-refractivity contribution in [1.29, 1.82) is 0 Å². The van der Waals surface area contributed by atoms with E-state index < -0.39 is 66.9 Å². The number of carbonyl (C=O) groups is 5. The van der Waals surface area contributed by atoms with E-state index in [1.54, 1.807) is 44.2 Å². The quantitative estimate of drug-likeness (QED) is 0.199. The van der Waals surface area contributed by atoms with Crippen molar-refractivity contribution in [2.45, 2.75) is 76.2 Å². The van der Waals surface area contributed by atoms with Crippen LogP contribution in [0.15, 0.2) is 30.3 Å². The molecular formula is C25H37N5O7. The molecule has 1 aliphatic rings. The van der Waals surface area contributed by atoms with Crippen molar-refractivity contribution in [2.75, 3.05) is 13.2 Å². The molecular weight excluding hydrogens is 482 g/mol. The van der Waals surface area contributed by atoms with Crippen molar-refractivity contribution in [3.63, 3.8) is 0 Å². The highest BCUT2D eigenvalue weighted by Gasteiger charge is 2.37. The smallest absolute Gasteiger partial charge is 0.305 e. The van der Waals surface area contributed by atoms with Gasteiger partial charge in [0.2, 0.25) is 23.6 Å². The van der Waals surface area contributed by atoms with Gasteiger partial charge < -0.3 is 36.8 Å². The van der Waals surface area contributed by atoms with Crippen LogP contribution in [0.4, 0.5) is 0 Å². The summed E-state index contributed by atoms with van der Waals surface area (Å²) in [5, 5.41) is 26.6. The van der Waals surface area contributed by atoms with E-state index in [0.29, 0.717) is 31.4 Å². The SMILES string of the molecule is CC[C@H](NC(=O)[C@@H]1CCCN1C(=O)[C@@H](N)CC)C(=O)N[C@@H](CO)C(=O)N[C@H](CC(=O)O)c1ccccc1. The molecule has 12 nitrogen and oxygen atoms in total. The molecule has 7 N–H and O–H groups in total. The second-order valence-electron chi connectivity index (χ2n) is 8.99. The average molecular weight is 520 g/mol. The average Bonchev–Trinajstić information content (AvgIpc) is 3.39. The fraction of sp³-hybridized carbons (Fsp3) is 0.560. The molecule has 1 saturated heterocycles. The molecule has 0 unspecified atom stereocenters. The summed E-state index contributed by atoms with van der Waals surface area (Å²) < 4.78 is 0. The molecule has 0 bridgehead atoms. The number of aliphatic hydroxyl groups is 1. The third-order valence-electron chi connectivity index (χ3n) is 6.35. The van der Waals surface area contributed by atoms with Crippen LogP contribution >= 0.6 is 0 Å². The van der Waals surface area contributed by atoms with Gasteiger partial charge in [0.05, 0.1) is 25.1 Å². The Bertz CT molecular complexity index is 958. The van der Waals surface area contributed by atoms with Gasteiger partial charge in [0.15, 0.2) is 0 Å². The highest BCUT2D eigenvalue weighted by atomic mass is 16.4. The Kier molecular flexibility index (Phi) is 11.5. The lowest BCUT2D eigenvalue weighted by Crippen LogP contribution is -2.58. The van der Waals surface area contributed by atoms with Crippen LogP contribution in [0.1, 0.15) is 57.6 Å². The molecule has 1 aromatic rings. The zero-order chi connectivity index (χ0) is 27.5. The molecule has 5 atom stereocenters. The van der Waals surface area contributed by atoms with E-state index in [1.165, 1.54) is 4.90 Å². The molecule has 0 saturated carbocycles. The Morgan fingerprint density at radius 3 is 2.22 bits per heavy atom. The van der Waals surface area contributed by atoms with E-state index in [-0.39, 0.29) is 12.3 Å². The molecule has 0 spiro atoms. The van der Waals surface area contributed by atoms with Gasteiger partial charge in [0, 0.05) is 6.54 Å². The second-order valence-corrected chi connectivity index (χ2v) is 8.99. The maximum atomic E-state index is 12.9. The molecule has 0 aliphatic carbocycles. The largest absolute Gasteiger partial charge is 0.481 e. The van der Waals surface area contributed by atoms with Gasteiger partial charge in [-0.05, 0) is 31.2 Å². The predicted octanol–water partition coefficient (Wildman–Crippen LogP) is -0.581. The van der Waals surface area contributed by atoms with Crippen molar-refractivity contribution in [3.8, 4) is 0 Å². The normalized spacial score (nSPS) is 18.3. The summed E-state index contributed by atoms with van der Waals surface area (Å²) in [6.07, 6.45) is 1.31. The molecule has 1 heterocycles. The van der Waals surface area contributed by atoms with Crippen LogP contribution < -0.4 is 21.7 Å². The number of aliphatic hydroxyl groups excluding tert-OH is 1. The van der Waals surface area contributed by atoms with E-state index >= 15 is 0 Å². The predicted molar refractivity (Wildman–Crippen MR) is 134 cm³/mol. The van der Waals surface area contributed by atoms with E-state index in [0.717, 1.165) is 0 Å². The number of carboxylic acid groups (broad SMARTS) is 1. The maximum absolute atomic E-state index is 12.9. The number of nitrogens with two attached hydrogens (primary N) is 1. The molecule has 0 radical (unpaired) electrons. The van der Waals surface area contributed by atoms with Gasteiger partial charge in [-0.15, -0.1) is 0 Å². The van der Waals surface area contributed by atoms with Crippen molar-refractivity contribution >= 4 is 29.6 Å². The van der Waals surface area contributed by atoms with E-state index in [1.807, 2.05) is 0 Å². The number of benzene rings is 1. The number of nitrogens with zero attached hydrogens (tertiary/aromatic N) is 1. The number of hydrogen-bond acceptors (Lipinski definition) is 7. The second kappa shape index (κ2) is 14.3. The maximum Gasteiger partial charge on any atom is 0.305 e. The Hall–Kier alpha value is -3.51. The lowest BCUT2D eigenvalue weighted by Gasteiger charge is -2.28. The Morgan fingerprint density at radius 2 is 1.65 bits per heavy atom. The Labute approximate surface area is 216 Å². The number of rotatable bonds is 13. The molecule has 4 amide bonds. The first-order valence-electron chi connectivity index (χ1n) is 12.5. The highest BCUT2D eigenvalue weighted by Crippen LogP contribution is 2.19. The third kappa shape index (κ3) is 8.25. The van der Waals surface area contributed by atoms with Crippen molar-refractivity contribution in [1.82, 2.24) is 20.9 Å². The summed E-state index contributed by atoms with van der Waals surface area (Å²) in [6, 6.07) is 3.75. The number of amides is 4. The third-order valence-corrected chi connectivity index (χ3v) is 6.35. The van der Waals surface area contributed by atoms with Gasteiger partial charge in [-0.3, -0.25) is 24.0 Å². The molecule has 1 aliphatic heterocycles. The summed E-state index contributed by atoms with van der Waals surface area (Å²) in [5.41, 5.74) is 6.40. The summed E-state index contributed by atoms with van der Waals surface area (Å²) in [7, 11) is 0. The van der Waals surface area contributed by atoms with Crippen LogP contribution in [-0.2, 0) is 24.0 Å². The Morgan fingerprint density at radius 1 is 1.00 bits per heavy atom. The van der Waals surface area contributed by atoms with Gasteiger partial charge in [0.25, 0.3) is 0 Å². The number of aliphatic carboxylic acids is 1. The van der Waals surface area contributed by atoms with Crippen LogP contribution in [0, 0.1) is 0 Å². The van der Waals surface area contributed by atoms with Gasteiger partial charge in [-0.2, -0.15) is 0 Å². The number of hydrogen-bond donors (Lipinski definition) is 6. The lowest BCUT2D eigenvalue weighted by atomic mass is 10.0. The zero-order valence-corrected chi connectivity index (χ0v) is 21.2. The molecule has 12 heteroatoms. The van der Waals surface area contributed by atoms with Crippen molar-refractivity contribution in [2.24, 2.45) is 5.73 Å². The summed E-state index contributed by atoms with van der Waals surface area (Å²) in [5.74, 6) is -3.41. The van der Waals surface area contributed by atoms with Crippen LogP contribution in [0.25, 0.3) is 0 Å². The van der Waals surface area contributed by atoms with E-state index in [9.17, 15) is 34.2 Å². The fourth-order valence-corrected chi connectivity index (χ4v) is 4.16. The van der Waals surface area contributed by atoms with Gasteiger partial charge >= 0.3 is 5.97 Å². The first kappa shape index (κ1) is 29.7. The molecule has 1 fully saturated rings. The lowest BCUT2D eigenvalue weighted by molar-refractivity contribution is -0.140. The zero-order valence-electron chi connectivity index (χ0n) is 21.2. The summed E-state index contributed by atoms with van der Waals surface area (Å²) in [6.45, 7) is 3.11. The minimum absolute atomic E-state index is 0.193. The van der Waals surface area contributed by atoms with Crippen LogP contribution in [0.2, 0.25) is 0 Å². The fourth-order valence-electron chi connectivity index (χ4n) is 4.16. The van der Waals surface area contributed by atoms with Gasteiger partial charge in [-0.1, -0.05) is 44.2 Å². The summed E-state index contributed by atoms with van der Waals surface area (Å²) in [4.78, 5) is 63.9. The highest BCUT2D eigenvalue weighted by molar-refractivity contribution is 5.95. The first-order valence-corrected chi connectivity index (χ1v) is 12.5. The van der Waals surface area contributed by atoms with E-state index in [2.05, 4.69) is 16.0 Å². The van der Waals surface area contributed by atoms with Crippen LogP contribution in [0.5, 0.6) is 0 Å². The minimum Gasteiger partial charge on any atom is -0.481 e. The van der Waals surface area contributed by atoms with Crippen LogP contribution in [-0.4, -0.2) is 82.0 Å². The number of likely N-dealkylation sites (tertiary alicyclic amines) is 1. The molecule has 0 aromatic heterocycles. The van der Waals surface area contributed by atoms with Gasteiger partial charge in [0.1, 0.15) is 18.1 Å². The van der Waals surface area contributed by atoms with Crippen molar-refractivity contribution in [3.05, 3.63) is 35.9 Å². The van der Waals surface area contributed by atoms with Crippen LogP contribution in [0.3, 0.4) is 0 Å². The molecule has 37 heavy (non-hydrogen) atoms. The monoisotopic (exact) mass is 519 g/mol. The summed E-state index contributed by atoms with van der Waals surface area (Å²) >= 11 is 0. The van der Waals surface area contributed by atoms with Gasteiger partial charge in [-0.25, -0.2) is 0 Å². The van der Waals surface area contributed by atoms with E-state index in [4.69, 9.17) is 5.73 Å². The number of carboxylic acids is 1. The standard InChI is InChI=1S/C25H37N5O7/c1-3-16(26)25(37)30-12-8-11-20(30)24(36)27-17(4-2)22(34)29-19(14-31)23(35)28-18(13-21(32)33)15-9-6-5-7-10-15/h5-7,9-10,16-20,31H,3-4,8,11-14,26H2,1-2H3,(H,27,36)(H,28,35)(H,29,34)(H,32,33)/t16-,17-,18+,19-,20-/m0/s1. The first-order chi connectivity index (χ1) is 17.6. The van der Waals surface area contributed by atoms with Crippen molar-refractivity contribution < 1.29 is 34.2 Å². The minimum atomic E-state index is -1.37. The molecule has 2 rings (SSSR count).